The summed E-state index contributed by atoms with van der Waals surface area (Å²) in [5.74, 6) is 1.06. The summed E-state index contributed by atoms with van der Waals surface area (Å²) in [7, 11) is 0. The standard InChI is InChI=1S/C15H22N2O/c16-13-3-1-2-4-14(13)17-10-11-5-6-15-12(9-11)7-8-18-15/h5-6,9,13-14,17H,1-4,7-8,10,16H2. The van der Waals surface area contributed by atoms with Crippen molar-refractivity contribution in [2.45, 2.75) is 50.7 Å². The molecule has 2 atom stereocenters. The first-order valence-electron chi connectivity index (χ1n) is 7.06. The fourth-order valence-electron chi connectivity index (χ4n) is 3.01. The second kappa shape index (κ2) is 5.29. The van der Waals surface area contributed by atoms with E-state index in [4.69, 9.17) is 10.5 Å². The number of benzene rings is 1. The fraction of sp³-hybridized carbons (Fsp3) is 0.600. The lowest BCUT2D eigenvalue weighted by Crippen LogP contribution is -2.46. The Labute approximate surface area is 109 Å². The van der Waals surface area contributed by atoms with Crippen molar-refractivity contribution >= 4 is 0 Å². The van der Waals surface area contributed by atoms with Gasteiger partial charge in [-0.1, -0.05) is 25.0 Å². The number of fused-ring (bicyclic) bond motifs is 1. The van der Waals surface area contributed by atoms with Crippen LogP contribution in [0, 0.1) is 0 Å². The maximum atomic E-state index is 6.15. The lowest BCUT2D eigenvalue weighted by molar-refractivity contribution is 0.326. The highest BCUT2D eigenvalue weighted by Crippen LogP contribution is 2.26. The summed E-state index contributed by atoms with van der Waals surface area (Å²) in [5, 5.41) is 3.61. The third kappa shape index (κ3) is 2.52. The Hall–Kier alpha value is -1.06. The van der Waals surface area contributed by atoms with Crippen LogP contribution in [0.1, 0.15) is 36.8 Å². The van der Waals surface area contributed by atoms with Crippen molar-refractivity contribution in [1.82, 2.24) is 5.32 Å². The molecule has 2 unspecified atom stereocenters. The molecule has 1 aliphatic carbocycles. The van der Waals surface area contributed by atoms with Crippen LogP contribution in [0.2, 0.25) is 0 Å². The molecule has 1 heterocycles. The van der Waals surface area contributed by atoms with Gasteiger partial charge in [-0.15, -0.1) is 0 Å². The van der Waals surface area contributed by atoms with Crippen LogP contribution in [0.25, 0.3) is 0 Å². The second-order valence-electron chi connectivity index (χ2n) is 5.48. The molecule has 18 heavy (non-hydrogen) atoms. The van der Waals surface area contributed by atoms with Crippen LogP contribution in [-0.2, 0) is 13.0 Å². The highest BCUT2D eigenvalue weighted by molar-refractivity contribution is 5.39. The number of rotatable bonds is 3. The third-order valence-corrected chi connectivity index (χ3v) is 4.14. The second-order valence-corrected chi connectivity index (χ2v) is 5.48. The Balaban J connectivity index is 1.59. The number of nitrogens with two attached hydrogens (primary N) is 1. The fourth-order valence-corrected chi connectivity index (χ4v) is 3.01. The van der Waals surface area contributed by atoms with Crippen LogP contribution < -0.4 is 15.8 Å². The molecule has 0 amide bonds. The molecule has 0 aromatic heterocycles. The van der Waals surface area contributed by atoms with Crippen LogP contribution in [0.5, 0.6) is 5.75 Å². The molecule has 3 heteroatoms. The van der Waals surface area contributed by atoms with Gasteiger partial charge in [0, 0.05) is 25.0 Å². The molecule has 1 fully saturated rings. The van der Waals surface area contributed by atoms with Gasteiger partial charge in [-0.05, 0) is 30.0 Å². The highest BCUT2D eigenvalue weighted by atomic mass is 16.5. The smallest absolute Gasteiger partial charge is 0.122 e. The lowest BCUT2D eigenvalue weighted by atomic mass is 9.91. The van der Waals surface area contributed by atoms with Gasteiger partial charge in [0.25, 0.3) is 0 Å². The summed E-state index contributed by atoms with van der Waals surface area (Å²) in [6.45, 7) is 1.76. The SMILES string of the molecule is NC1CCCCC1NCc1ccc2c(c1)CCO2. The van der Waals surface area contributed by atoms with Crippen LogP contribution in [-0.4, -0.2) is 18.7 Å². The zero-order valence-electron chi connectivity index (χ0n) is 10.8. The Kier molecular flexibility index (Phi) is 3.52. The van der Waals surface area contributed by atoms with Gasteiger partial charge < -0.3 is 15.8 Å². The van der Waals surface area contributed by atoms with Gasteiger partial charge in [-0.25, -0.2) is 0 Å². The van der Waals surface area contributed by atoms with Crippen molar-refractivity contribution < 1.29 is 4.74 Å². The maximum absolute atomic E-state index is 6.15. The van der Waals surface area contributed by atoms with Crippen molar-refractivity contribution in [3.63, 3.8) is 0 Å². The van der Waals surface area contributed by atoms with Crippen molar-refractivity contribution in [2.75, 3.05) is 6.61 Å². The summed E-state index contributed by atoms with van der Waals surface area (Å²) in [5.41, 5.74) is 8.84. The molecule has 0 saturated heterocycles. The Morgan fingerprint density at radius 1 is 1.28 bits per heavy atom. The first-order chi connectivity index (χ1) is 8.83. The van der Waals surface area contributed by atoms with E-state index in [1.807, 2.05) is 0 Å². The van der Waals surface area contributed by atoms with Gasteiger partial charge in [0.05, 0.1) is 6.61 Å². The van der Waals surface area contributed by atoms with Crippen LogP contribution >= 0.6 is 0 Å². The summed E-state index contributed by atoms with van der Waals surface area (Å²) in [4.78, 5) is 0. The molecule has 3 rings (SSSR count). The molecule has 98 valence electrons. The summed E-state index contributed by atoms with van der Waals surface area (Å²) < 4.78 is 5.52. The minimum Gasteiger partial charge on any atom is -0.493 e. The highest BCUT2D eigenvalue weighted by Gasteiger charge is 2.21. The molecule has 1 saturated carbocycles. The molecule has 1 aromatic rings. The Bertz CT molecular complexity index is 419. The predicted octanol–water partition coefficient (Wildman–Crippen LogP) is 1.98. The Morgan fingerprint density at radius 2 is 2.17 bits per heavy atom. The quantitative estimate of drug-likeness (QED) is 0.857. The molecule has 2 aliphatic rings. The normalized spacial score (nSPS) is 26.7. The van der Waals surface area contributed by atoms with E-state index in [1.165, 1.54) is 30.4 Å². The first-order valence-corrected chi connectivity index (χ1v) is 7.06. The van der Waals surface area contributed by atoms with Gasteiger partial charge in [-0.2, -0.15) is 0 Å². The van der Waals surface area contributed by atoms with E-state index in [0.717, 1.165) is 31.7 Å². The van der Waals surface area contributed by atoms with E-state index in [9.17, 15) is 0 Å². The topological polar surface area (TPSA) is 47.3 Å². The number of nitrogens with one attached hydrogen (secondary N) is 1. The summed E-state index contributed by atoms with van der Waals surface area (Å²) in [6.07, 6.45) is 6.02. The van der Waals surface area contributed by atoms with Gasteiger partial charge in [0.2, 0.25) is 0 Å². The summed E-state index contributed by atoms with van der Waals surface area (Å²) in [6, 6.07) is 7.34. The van der Waals surface area contributed by atoms with E-state index >= 15 is 0 Å². The van der Waals surface area contributed by atoms with Crippen molar-refractivity contribution in [1.29, 1.82) is 0 Å². The summed E-state index contributed by atoms with van der Waals surface area (Å²) >= 11 is 0. The van der Waals surface area contributed by atoms with Gasteiger partial charge in [0.1, 0.15) is 5.75 Å². The third-order valence-electron chi connectivity index (χ3n) is 4.14. The van der Waals surface area contributed by atoms with Crippen molar-refractivity contribution in [3.05, 3.63) is 29.3 Å². The van der Waals surface area contributed by atoms with E-state index < -0.39 is 0 Å². The average Bonchev–Trinajstić information content (AvgIpc) is 2.85. The molecule has 0 spiro atoms. The minimum atomic E-state index is 0.330. The molecular weight excluding hydrogens is 224 g/mol. The maximum Gasteiger partial charge on any atom is 0.122 e. The van der Waals surface area contributed by atoms with E-state index in [-0.39, 0.29) is 0 Å². The van der Waals surface area contributed by atoms with Crippen molar-refractivity contribution in [2.24, 2.45) is 5.73 Å². The molecule has 3 nitrogen and oxygen atoms in total. The molecule has 0 bridgehead atoms. The number of hydrogen-bond donors (Lipinski definition) is 2. The molecule has 1 aromatic carbocycles. The first kappa shape index (κ1) is 12.0. The molecule has 1 aliphatic heterocycles. The van der Waals surface area contributed by atoms with E-state index in [0.29, 0.717) is 12.1 Å². The predicted molar refractivity (Wildman–Crippen MR) is 72.7 cm³/mol. The van der Waals surface area contributed by atoms with Gasteiger partial charge in [-0.3, -0.25) is 0 Å². The average molecular weight is 246 g/mol. The zero-order valence-corrected chi connectivity index (χ0v) is 10.8. The van der Waals surface area contributed by atoms with Gasteiger partial charge in [0.15, 0.2) is 0 Å². The largest absolute Gasteiger partial charge is 0.493 e. The lowest BCUT2D eigenvalue weighted by Gasteiger charge is -2.29. The number of ether oxygens (including phenoxy) is 1. The molecular formula is C15H22N2O. The van der Waals surface area contributed by atoms with Gasteiger partial charge >= 0.3 is 0 Å². The van der Waals surface area contributed by atoms with Crippen molar-refractivity contribution in [3.8, 4) is 5.75 Å². The van der Waals surface area contributed by atoms with Crippen LogP contribution in [0.4, 0.5) is 0 Å². The van der Waals surface area contributed by atoms with Crippen LogP contribution in [0.15, 0.2) is 18.2 Å². The minimum absolute atomic E-state index is 0.330. The number of hydrogen-bond acceptors (Lipinski definition) is 3. The molecule has 3 N–H and O–H groups in total. The van der Waals surface area contributed by atoms with E-state index in [1.54, 1.807) is 0 Å². The monoisotopic (exact) mass is 246 g/mol. The zero-order chi connectivity index (χ0) is 12.4. The Morgan fingerprint density at radius 3 is 3.06 bits per heavy atom. The molecule has 0 radical (unpaired) electrons. The van der Waals surface area contributed by atoms with Crippen LogP contribution in [0.3, 0.4) is 0 Å². The van der Waals surface area contributed by atoms with E-state index in [2.05, 4.69) is 23.5 Å².